The van der Waals surface area contributed by atoms with Crippen molar-refractivity contribution < 1.29 is 34.1 Å². The van der Waals surface area contributed by atoms with E-state index in [0.29, 0.717) is 17.7 Å². The summed E-state index contributed by atoms with van der Waals surface area (Å²) in [5, 5.41) is 21.1. The minimum atomic E-state index is -3.71. The second-order valence-electron chi connectivity index (χ2n) is 4.45. The van der Waals surface area contributed by atoms with Crippen LogP contribution in [0.1, 0.15) is 17.8 Å². The van der Waals surface area contributed by atoms with Crippen LogP contribution in [-0.2, 0) is 18.9 Å². The number of carbonyl (C=O) groups excluding carboxylic acids is 2. The molecule has 1 aromatic carbocycles. The lowest BCUT2D eigenvalue weighted by Crippen LogP contribution is -2.12. The topological polar surface area (TPSA) is 167 Å². The van der Waals surface area contributed by atoms with Gasteiger partial charge in [-0.1, -0.05) is 12.1 Å². The number of hydrogen-bond acceptors (Lipinski definition) is 7. The lowest BCUT2D eigenvalue weighted by Gasteiger charge is -2.18. The summed E-state index contributed by atoms with van der Waals surface area (Å²) < 4.78 is 11.9. The third-order valence-electron chi connectivity index (χ3n) is 2.72. The highest BCUT2D eigenvalue weighted by molar-refractivity contribution is 7.58. The van der Waals surface area contributed by atoms with Gasteiger partial charge in [0.2, 0.25) is 7.37 Å². The third-order valence-corrected chi connectivity index (χ3v) is 4.74. The van der Waals surface area contributed by atoms with E-state index in [2.05, 4.69) is 5.32 Å². The quantitative estimate of drug-likeness (QED) is 0.413. The van der Waals surface area contributed by atoms with Gasteiger partial charge in [0.25, 0.3) is 0 Å². The molecule has 0 spiro atoms. The summed E-state index contributed by atoms with van der Waals surface area (Å²) in [4.78, 5) is 36.4. The smallest absolute Gasteiger partial charge is 0.373 e. The molecule has 9 nitrogen and oxygen atoms in total. The minimum Gasteiger partial charge on any atom is -0.480 e. The normalized spacial score (nSPS) is 13.7. The summed E-state index contributed by atoms with van der Waals surface area (Å²) in [6, 6.07) is 6.06. The Morgan fingerprint density at radius 2 is 1.83 bits per heavy atom. The van der Waals surface area contributed by atoms with E-state index in [9.17, 15) is 19.4 Å². The van der Waals surface area contributed by atoms with Crippen LogP contribution in [0.15, 0.2) is 24.3 Å². The van der Waals surface area contributed by atoms with Gasteiger partial charge in [-0.15, -0.1) is 0 Å². The van der Waals surface area contributed by atoms with E-state index in [1.807, 2.05) is 0 Å². The van der Waals surface area contributed by atoms with Crippen LogP contribution >= 0.6 is 7.37 Å². The zero-order chi connectivity index (χ0) is 17.9. The molecule has 0 bridgehead atoms. The van der Waals surface area contributed by atoms with Crippen molar-refractivity contribution in [2.24, 2.45) is 5.73 Å². The number of aliphatic hydroxyl groups excluding tert-OH is 1. The second kappa shape index (κ2) is 10.7. The van der Waals surface area contributed by atoms with Crippen molar-refractivity contribution in [1.82, 2.24) is 0 Å². The first-order valence-corrected chi connectivity index (χ1v) is 8.44. The maximum Gasteiger partial charge on any atom is 0.373 e. The lowest BCUT2D eigenvalue weighted by molar-refractivity contribution is -0.191. The highest BCUT2D eigenvalue weighted by atomic mass is 31.2. The number of nitrogens with one attached hydrogen (secondary N) is 1. The van der Waals surface area contributed by atoms with Crippen molar-refractivity contribution >= 4 is 25.2 Å². The van der Waals surface area contributed by atoms with Crippen molar-refractivity contribution in [2.75, 3.05) is 24.6 Å². The maximum atomic E-state index is 11.9. The molecule has 0 aliphatic rings. The summed E-state index contributed by atoms with van der Waals surface area (Å²) in [6.07, 6.45) is 0.576. The molecule has 0 aliphatic heterocycles. The number of aliphatic hydroxyl groups is 1. The van der Waals surface area contributed by atoms with Gasteiger partial charge in [0, 0.05) is 11.8 Å². The van der Waals surface area contributed by atoms with Gasteiger partial charge >= 0.3 is 12.1 Å². The van der Waals surface area contributed by atoms with Gasteiger partial charge in [-0.2, -0.15) is 9.59 Å². The van der Waals surface area contributed by atoms with Crippen LogP contribution in [0.25, 0.3) is 0 Å². The molecule has 0 fully saturated rings. The largest absolute Gasteiger partial charge is 0.480 e. The first kappa shape index (κ1) is 21.0. The number of nitrogens with two attached hydrogens (primary N) is 1. The van der Waals surface area contributed by atoms with Gasteiger partial charge in [0.1, 0.15) is 6.54 Å². The highest BCUT2D eigenvalue weighted by Crippen LogP contribution is 2.54. The van der Waals surface area contributed by atoms with Gasteiger partial charge < -0.3 is 26.2 Å². The molecule has 0 aliphatic carbocycles. The Bertz CT molecular complexity index is 570. The number of hydrogen-bond donors (Lipinski definition) is 5. The van der Waals surface area contributed by atoms with E-state index in [1.165, 1.54) is 12.1 Å². The third kappa shape index (κ3) is 8.25. The van der Waals surface area contributed by atoms with Crippen molar-refractivity contribution in [3.8, 4) is 0 Å². The maximum absolute atomic E-state index is 11.9. The number of benzene rings is 1. The standard InChI is InChI=1S/C12H19N2O5P.CO2/c13-6-1-7-20(18,19)12(17)9-2-4-10(5-3-9)14-8-11(15)16;2-1-3/h2-5,12,14,17H,1,6-8,13H2,(H,15,16)(H,18,19);. The van der Waals surface area contributed by atoms with E-state index in [-0.39, 0.29) is 25.4 Å². The van der Waals surface area contributed by atoms with Crippen LogP contribution in [0.2, 0.25) is 0 Å². The van der Waals surface area contributed by atoms with Crippen LogP contribution in [0.4, 0.5) is 5.69 Å². The van der Waals surface area contributed by atoms with Crippen LogP contribution in [0, 0.1) is 0 Å². The van der Waals surface area contributed by atoms with E-state index in [1.54, 1.807) is 12.1 Å². The predicted molar refractivity (Wildman–Crippen MR) is 80.9 cm³/mol. The molecule has 0 saturated carbocycles. The molecule has 1 aromatic rings. The minimum absolute atomic E-state index is 0.0380. The van der Waals surface area contributed by atoms with Crippen molar-refractivity contribution in [1.29, 1.82) is 0 Å². The lowest BCUT2D eigenvalue weighted by atomic mass is 10.2. The Hall–Kier alpha value is -2.02. The molecule has 2 unspecified atom stereocenters. The van der Waals surface area contributed by atoms with Gasteiger partial charge in [-0.3, -0.25) is 9.36 Å². The molecular formula is C13H19N2O7P. The Morgan fingerprint density at radius 3 is 2.26 bits per heavy atom. The number of carboxylic acids is 1. The second-order valence-corrected chi connectivity index (χ2v) is 6.90. The van der Waals surface area contributed by atoms with E-state index >= 15 is 0 Å². The van der Waals surface area contributed by atoms with Crippen LogP contribution < -0.4 is 11.1 Å². The fourth-order valence-electron chi connectivity index (χ4n) is 1.62. The predicted octanol–water partition coefficient (Wildman–Crippen LogP) is 0.210. The van der Waals surface area contributed by atoms with E-state index in [0.717, 1.165) is 0 Å². The Balaban J connectivity index is 0.00000149. The molecule has 2 atom stereocenters. The summed E-state index contributed by atoms with van der Waals surface area (Å²) in [5.41, 5.74) is 6.15. The summed E-state index contributed by atoms with van der Waals surface area (Å²) in [7, 11) is -3.71. The molecular weight excluding hydrogens is 327 g/mol. The molecule has 0 heterocycles. The number of anilines is 1. The van der Waals surface area contributed by atoms with Gasteiger partial charge in [-0.05, 0) is 30.7 Å². The number of rotatable bonds is 8. The molecule has 0 radical (unpaired) electrons. The molecule has 128 valence electrons. The Kier molecular flexibility index (Phi) is 9.73. The zero-order valence-corrected chi connectivity index (χ0v) is 13.1. The summed E-state index contributed by atoms with van der Waals surface area (Å²) in [5.74, 6) is -2.45. The average molecular weight is 346 g/mol. The first-order valence-electron chi connectivity index (χ1n) is 6.53. The van der Waals surface area contributed by atoms with Crippen LogP contribution in [0.5, 0.6) is 0 Å². The molecule has 0 aromatic heterocycles. The highest BCUT2D eigenvalue weighted by Gasteiger charge is 2.29. The number of carboxylic acid groups (broad SMARTS) is 1. The monoisotopic (exact) mass is 346 g/mol. The fourth-order valence-corrected chi connectivity index (χ4v) is 3.14. The number of aliphatic carboxylic acids is 1. The first-order chi connectivity index (χ1) is 10.8. The fraction of sp³-hybridized carbons (Fsp3) is 0.385. The zero-order valence-electron chi connectivity index (χ0n) is 12.2. The Morgan fingerprint density at radius 1 is 1.30 bits per heavy atom. The van der Waals surface area contributed by atoms with Crippen molar-refractivity contribution in [3.05, 3.63) is 29.8 Å². The van der Waals surface area contributed by atoms with Crippen LogP contribution in [0.3, 0.4) is 0 Å². The van der Waals surface area contributed by atoms with Gasteiger partial charge in [-0.25, -0.2) is 0 Å². The van der Waals surface area contributed by atoms with Crippen molar-refractivity contribution in [2.45, 2.75) is 12.3 Å². The molecule has 6 N–H and O–H groups in total. The molecule has 0 amide bonds. The summed E-state index contributed by atoms with van der Waals surface area (Å²) in [6.45, 7) is 0.0617. The van der Waals surface area contributed by atoms with Crippen LogP contribution in [-0.4, -0.2) is 46.5 Å². The van der Waals surface area contributed by atoms with E-state index in [4.69, 9.17) is 20.4 Å². The van der Waals surface area contributed by atoms with Gasteiger partial charge in [0.15, 0.2) is 5.85 Å². The Labute approximate surface area is 132 Å². The molecule has 1 rings (SSSR count). The van der Waals surface area contributed by atoms with E-state index < -0.39 is 19.2 Å². The molecule has 23 heavy (non-hydrogen) atoms. The van der Waals surface area contributed by atoms with Crippen molar-refractivity contribution in [3.63, 3.8) is 0 Å². The number of carbonyl (C=O) groups is 1. The summed E-state index contributed by atoms with van der Waals surface area (Å²) >= 11 is 0. The SMILES string of the molecule is NCCCP(=O)(O)C(O)c1ccc(NCC(=O)O)cc1.O=C=O. The molecule has 10 heteroatoms. The average Bonchev–Trinajstić information content (AvgIpc) is 2.51. The van der Waals surface area contributed by atoms with Gasteiger partial charge in [0.05, 0.1) is 0 Å². The molecule has 0 saturated heterocycles.